The van der Waals surface area contributed by atoms with Crippen LogP contribution >= 0.6 is 15.9 Å². The number of hydrogen-bond acceptors (Lipinski definition) is 3. The van der Waals surface area contributed by atoms with E-state index in [4.69, 9.17) is 9.47 Å². The van der Waals surface area contributed by atoms with Crippen molar-refractivity contribution in [2.45, 2.75) is 64.5 Å². The Balaban J connectivity index is 2.00. The summed E-state index contributed by atoms with van der Waals surface area (Å²) in [5, 5.41) is 3.71. The first-order chi connectivity index (χ1) is 10.7. The first-order valence-electron chi connectivity index (χ1n) is 8.47. The van der Waals surface area contributed by atoms with E-state index in [1.807, 2.05) is 6.07 Å². The second kappa shape index (κ2) is 9.41. The molecule has 1 aliphatic rings. The number of hydrogen-bond donors (Lipinski definition) is 1. The highest BCUT2D eigenvalue weighted by Gasteiger charge is 2.14. The molecule has 0 atom stereocenters. The van der Waals surface area contributed by atoms with Crippen molar-refractivity contribution >= 4 is 15.9 Å². The maximum atomic E-state index is 5.75. The Morgan fingerprint density at radius 1 is 1.14 bits per heavy atom. The number of benzene rings is 1. The monoisotopic (exact) mass is 369 g/mol. The molecular formula is C18H28BrNO2. The van der Waals surface area contributed by atoms with Crippen molar-refractivity contribution in [2.24, 2.45) is 0 Å². The molecule has 0 aliphatic heterocycles. The van der Waals surface area contributed by atoms with Crippen LogP contribution in [0.4, 0.5) is 0 Å². The topological polar surface area (TPSA) is 30.5 Å². The van der Waals surface area contributed by atoms with Crippen LogP contribution in [0.25, 0.3) is 0 Å². The molecule has 0 saturated heterocycles. The van der Waals surface area contributed by atoms with Crippen LogP contribution in [-0.4, -0.2) is 19.8 Å². The molecule has 22 heavy (non-hydrogen) atoms. The molecule has 0 radical (unpaired) electrons. The molecular weight excluding hydrogens is 342 g/mol. The van der Waals surface area contributed by atoms with Gasteiger partial charge in [0.1, 0.15) is 0 Å². The van der Waals surface area contributed by atoms with E-state index in [0.29, 0.717) is 12.6 Å². The molecule has 1 aromatic rings. The molecule has 3 nitrogen and oxygen atoms in total. The smallest absolute Gasteiger partial charge is 0.162 e. The Labute approximate surface area is 142 Å². The highest BCUT2D eigenvalue weighted by Crippen LogP contribution is 2.34. The summed E-state index contributed by atoms with van der Waals surface area (Å²) in [6, 6.07) is 4.76. The largest absolute Gasteiger partial charge is 0.493 e. The first-order valence-corrected chi connectivity index (χ1v) is 9.26. The van der Waals surface area contributed by atoms with Gasteiger partial charge in [0.05, 0.1) is 13.7 Å². The van der Waals surface area contributed by atoms with Gasteiger partial charge in [-0.1, -0.05) is 48.5 Å². The van der Waals surface area contributed by atoms with Crippen molar-refractivity contribution in [3.05, 3.63) is 22.2 Å². The van der Waals surface area contributed by atoms with Gasteiger partial charge in [-0.05, 0) is 37.0 Å². The predicted molar refractivity (Wildman–Crippen MR) is 94.8 cm³/mol. The Bertz CT molecular complexity index is 457. The lowest BCUT2D eigenvalue weighted by Gasteiger charge is -2.18. The third-order valence-corrected chi connectivity index (χ3v) is 4.97. The Morgan fingerprint density at radius 3 is 2.50 bits per heavy atom. The average Bonchev–Trinajstić information content (AvgIpc) is 2.80. The third-order valence-electron chi connectivity index (χ3n) is 4.23. The van der Waals surface area contributed by atoms with Crippen molar-refractivity contribution < 1.29 is 9.47 Å². The Morgan fingerprint density at radius 2 is 1.86 bits per heavy atom. The molecule has 1 aliphatic carbocycles. The number of methoxy groups -OCH3 is 1. The summed E-state index contributed by atoms with van der Waals surface area (Å²) in [6.45, 7) is 3.69. The van der Waals surface area contributed by atoms with Crippen molar-refractivity contribution in [1.82, 2.24) is 5.32 Å². The van der Waals surface area contributed by atoms with Gasteiger partial charge in [-0.3, -0.25) is 0 Å². The molecule has 0 heterocycles. The summed E-state index contributed by atoms with van der Waals surface area (Å²) < 4.78 is 12.3. The minimum atomic E-state index is 0.649. The summed E-state index contributed by atoms with van der Waals surface area (Å²) >= 11 is 3.67. The fraction of sp³-hybridized carbons (Fsp3) is 0.667. The summed E-state index contributed by atoms with van der Waals surface area (Å²) in [5.41, 5.74) is 1.23. The highest BCUT2D eigenvalue weighted by molar-refractivity contribution is 9.10. The van der Waals surface area contributed by atoms with E-state index in [1.54, 1.807) is 7.11 Å². The molecule has 4 heteroatoms. The van der Waals surface area contributed by atoms with Gasteiger partial charge in [-0.25, -0.2) is 0 Å². The maximum Gasteiger partial charge on any atom is 0.162 e. The first kappa shape index (κ1) is 17.6. The van der Waals surface area contributed by atoms with Gasteiger partial charge >= 0.3 is 0 Å². The summed E-state index contributed by atoms with van der Waals surface area (Å²) in [4.78, 5) is 0. The van der Waals surface area contributed by atoms with E-state index >= 15 is 0 Å². The van der Waals surface area contributed by atoms with Crippen LogP contribution in [-0.2, 0) is 6.54 Å². The van der Waals surface area contributed by atoms with Crippen LogP contribution in [0.15, 0.2) is 16.6 Å². The van der Waals surface area contributed by atoms with Crippen LogP contribution in [0.2, 0.25) is 0 Å². The van der Waals surface area contributed by atoms with Gasteiger partial charge in [0.2, 0.25) is 0 Å². The molecule has 0 spiro atoms. The quantitative estimate of drug-likeness (QED) is 0.681. The van der Waals surface area contributed by atoms with Crippen molar-refractivity contribution in [2.75, 3.05) is 13.7 Å². The van der Waals surface area contributed by atoms with Gasteiger partial charge in [-0.2, -0.15) is 0 Å². The molecule has 0 amide bonds. The normalized spacial score (nSPS) is 16.3. The van der Waals surface area contributed by atoms with Crippen LogP contribution < -0.4 is 14.8 Å². The number of halogens is 1. The Kier molecular flexibility index (Phi) is 7.53. The van der Waals surface area contributed by atoms with Gasteiger partial charge in [0.25, 0.3) is 0 Å². The molecule has 0 unspecified atom stereocenters. The predicted octanol–water partition coefficient (Wildman–Crippen LogP) is 5.06. The van der Waals surface area contributed by atoms with E-state index in [-0.39, 0.29) is 0 Å². The lowest BCUT2D eigenvalue weighted by molar-refractivity contribution is 0.293. The number of rotatable bonds is 7. The second-order valence-corrected chi connectivity index (χ2v) is 6.87. The van der Waals surface area contributed by atoms with Crippen LogP contribution in [0.1, 0.15) is 57.4 Å². The Hall–Kier alpha value is -0.740. The summed E-state index contributed by atoms with van der Waals surface area (Å²) in [7, 11) is 1.70. The maximum absolute atomic E-state index is 5.75. The van der Waals surface area contributed by atoms with Crippen molar-refractivity contribution in [1.29, 1.82) is 0 Å². The zero-order valence-corrected chi connectivity index (χ0v) is 15.4. The summed E-state index contributed by atoms with van der Waals surface area (Å²) in [5.74, 6) is 1.63. The molecule has 1 saturated carbocycles. The van der Waals surface area contributed by atoms with E-state index < -0.39 is 0 Å². The van der Waals surface area contributed by atoms with Crippen LogP contribution in [0.3, 0.4) is 0 Å². The van der Waals surface area contributed by atoms with E-state index in [0.717, 1.165) is 28.9 Å². The van der Waals surface area contributed by atoms with Gasteiger partial charge < -0.3 is 14.8 Å². The molecule has 124 valence electrons. The fourth-order valence-electron chi connectivity index (χ4n) is 2.93. The lowest BCUT2D eigenvalue weighted by atomic mass is 10.1. The standard InChI is InChI=1S/C18H28BrNO2/c1-3-10-22-18-12-16(19)14(11-17(18)21-2)13-20-15-8-6-4-5-7-9-15/h11-12,15,20H,3-10,13H2,1-2H3. The SMILES string of the molecule is CCCOc1cc(Br)c(CNC2CCCCCC2)cc1OC. The van der Waals surface area contributed by atoms with E-state index in [9.17, 15) is 0 Å². The second-order valence-electron chi connectivity index (χ2n) is 6.01. The molecule has 0 aromatic heterocycles. The molecule has 2 rings (SSSR count). The molecule has 1 fully saturated rings. The zero-order chi connectivity index (χ0) is 15.8. The van der Waals surface area contributed by atoms with Crippen LogP contribution in [0, 0.1) is 0 Å². The third kappa shape index (κ3) is 5.17. The minimum Gasteiger partial charge on any atom is -0.493 e. The molecule has 1 N–H and O–H groups in total. The highest BCUT2D eigenvalue weighted by atomic mass is 79.9. The van der Waals surface area contributed by atoms with Crippen LogP contribution in [0.5, 0.6) is 11.5 Å². The molecule has 0 bridgehead atoms. The summed E-state index contributed by atoms with van der Waals surface area (Å²) in [6.07, 6.45) is 9.07. The van der Waals surface area contributed by atoms with Gasteiger partial charge in [0, 0.05) is 17.1 Å². The van der Waals surface area contributed by atoms with Gasteiger partial charge in [-0.15, -0.1) is 0 Å². The van der Waals surface area contributed by atoms with Crippen molar-refractivity contribution in [3.8, 4) is 11.5 Å². The van der Waals surface area contributed by atoms with E-state index in [2.05, 4.69) is 34.2 Å². The molecule has 1 aromatic carbocycles. The lowest BCUT2D eigenvalue weighted by Crippen LogP contribution is -2.28. The fourth-order valence-corrected chi connectivity index (χ4v) is 3.40. The van der Waals surface area contributed by atoms with Gasteiger partial charge in [0.15, 0.2) is 11.5 Å². The zero-order valence-electron chi connectivity index (χ0n) is 13.8. The number of nitrogens with one attached hydrogen (secondary N) is 1. The minimum absolute atomic E-state index is 0.649. The van der Waals surface area contributed by atoms with Crippen molar-refractivity contribution in [3.63, 3.8) is 0 Å². The average molecular weight is 370 g/mol. The van der Waals surface area contributed by atoms with E-state index in [1.165, 1.54) is 44.1 Å². The number of ether oxygens (including phenoxy) is 2.